The number of nitrogens with one attached hydrogen (secondary N) is 1. The number of aromatic nitrogens is 4. The summed E-state index contributed by atoms with van der Waals surface area (Å²) in [6, 6.07) is 13.9. The number of carbonyl (C=O) groups excluding carboxylic acids is 1. The number of thioether (sulfide) groups is 1. The molecule has 1 aromatic carbocycles. The van der Waals surface area contributed by atoms with Gasteiger partial charge in [0.25, 0.3) is 0 Å². The second kappa shape index (κ2) is 7.40. The third kappa shape index (κ3) is 3.54. The van der Waals surface area contributed by atoms with E-state index in [0.29, 0.717) is 17.5 Å². The van der Waals surface area contributed by atoms with Gasteiger partial charge in [-0.25, -0.2) is 4.68 Å². The summed E-state index contributed by atoms with van der Waals surface area (Å²) >= 11 is 1.60. The van der Waals surface area contributed by atoms with Crippen LogP contribution >= 0.6 is 11.8 Å². The number of fused-ring (bicyclic) bond motifs is 1. The van der Waals surface area contributed by atoms with Crippen molar-refractivity contribution in [3.63, 3.8) is 0 Å². The van der Waals surface area contributed by atoms with E-state index < -0.39 is 0 Å². The van der Waals surface area contributed by atoms with Crippen LogP contribution in [0.1, 0.15) is 43.9 Å². The molecule has 0 amide bonds. The zero-order valence-electron chi connectivity index (χ0n) is 17.0. The maximum Gasteiger partial charge on any atom is 0.227 e. The van der Waals surface area contributed by atoms with Gasteiger partial charge in [-0.05, 0) is 35.1 Å². The summed E-state index contributed by atoms with van der Waals surface area (Å²) in [5.74, 6) is 1.66. The summed E-state index contributed by atoms with van der Waals surface area (Å²) < 4.78 is 1.86. The molecule has 6 nitrogen and oxygen atoms in total. The Balaban J connectivity index is 1.53. The van der Waals surface area contributed by atoms with Gasteiger partial charge in [0, 0.05) is 35.8 Å². The first-order valence-electron chi connectivity index (χ1n) is 10.1. The summed E-state index contributed by atoms with van der Waals surface area (Å²) in [7, 11) is 0. The molecular weight excluding hydrogens is 394 g/mol. The Morgan fingerprint density at radius 3 is 2.67 bits per heavy atom. The molecule has 3 heterocycles. The molecule has 0 saturated carbocycles. The molecule has 3 aromatic rings. The first-order chi connectivity index (χ1) is 14.5. The van der Waals surface area contributed by atoms with Crippen LogP contribution in [0.5, 0.6) is 0 Å². The van der Waals surface area contributed by atoms with Gasteiger partial charge in [0.1, 0.15) is 6.04 Å². The van der Waals surface area contributed by atoms with E-state index in [1.807, 2.05) is 35.0 Å². The summed E-state index contributed by atoms with van der Waals surface area (Å²) in [5, 5.41) is 8.91. The molecule has 0 radical (unpaired) electrons. The highest BCUT2D eigenvalue weighted by molar-refractivity contribution is 7.98. The van der Waals surface area contributed by atoms with Crippen molar-refractivity contribution in [1.82, 2.24) is 19.7 Å². The van der Waals surface area contributed by atoms with Crippen molar-refractivity contribution in [2.24, 2.45) is 5.41 Å². The molecule has 0 unspecified atom stereocenters. The van der Waals surface area contributed by atoms with E-state index in [2.05, 4.69) is 36.3 Å². The minimum atomic E-state index is -0.276. The topological polar surface area (TPSA) is 72.7 Å². The van der Waals surface area contributed by atoms with Crippen LogP contribution in [0.25, 0.3) is 0 Å². The van der Waals surface area contributed by atoms with E-state index in [-0.39, 0.29) is 17.2 Å². The SMILES string of the molecule is CC1(C)CC(=O)C2=C(C1)Nc1nc(SCc3ccccc3)nn1[C@@H]2c1ccncc1. The first kappa shape index (κ1) is 19.1. The minimum Gasteiger partial charge on any atom is -0.328 e. The van der Waals surface area contributed by atoms with Crippen LogP contribution in [0, 0.1) is 5.41 Å². The lowest BCUT2D eigenvalue weighted by Gasteiger charge is -2.38. The number of hydrogen-bond acceptors (Lipinski definition) is 6. The van der Waals surface area contributed by atoms with Crippen LogP contribution in [0.15, 0.2) is 71.3 Å². The van der Waals surface area contributed by atoms with Gasteiger partial charge in [0.05, 0.1) is 0 Å². The number of anilines is 1. The number of hydrogen-bond donors (Lipinski definition) is 1. The first-order valence-corrected chi connectivity index (χ1v) is 11.1. The maximum atomic E-state index is 13.2. The molecule has 7 heteroatoms. The van der Waals surface area contributed by atoms with Crippen LogP contribution in [0.2, 0.25) is 0 Å². The van der Waals surface area contributed by atoms with E-state index in [4.69, 9.17) is 10.1 Å². The highest BCUT2D eigenvalue weighted by atomic mass is 32.2. The fourth-order valence-corrected chi connectivity index (χ4v) is 5.01. The quantitative estimate of drug-likeness (QED) is 0.624. The van der Waals surface area contributed by atoms with E-state index in [9.17, 15) is 4.79 Å². The molecule has 2 aromatic heterocycles. The van der Waals surface area contributed by atoms with Gasteiger partial charge in [-0.3, -0.25) is 9.78 Å². The second-order valence-electron chi connectivity index (χ2n) is 8.58. The third-order valence-electron chi connectivity index (χ3n) is 5.55. The van der Waals surface area contributed by atoms with Crippen molar-refractivity contribution in [3.8, 4) is 0 Å². The van der Waals surface area contributed by atoms with Crippen molar-refractivity contribution in [1.29, 1.82) is 0 Å². The van der Waals surface area contributed by atoms with Crippen LogP contribution in [0.3, 0.4) is 0 Å². The van der Waals surface area contributed by atoms with Crippen molar-refractivity contribution in [2.75, 3.05) is 5.32 Å². The smallest absolute Gasteiger partial charge is 0.227 e. The summed E-state index contributed by atoms with van der Waals surface area (Å²) in [6.07, 6.45) is 4.87. The Bertz CT molecular complexity index is 1120. The highest BCUT2D eigenvalue weighted by Crippen LogP contribution is 2.45. The molecule has 0 spiro atoms. The molecule has 0 saturated heterocycles. The van der Waals surface area contributed by atoms with E-state index in [1.165, 1.54) is 5.56 Å². The Kier molecular flexibility index (Phi) is 4.70. The molecule has 2 aliphatic rings. The molecule has 0 bridgehead atoms. The summed E-state index contributed by atoms with van der Waals surface area (Å²) in [5.41, 5.74) is 3.93. The Morgan fingerprint density at radius 1 is 1.13 bits per heavy atom. The van der Waals surface area contributed by atoms with Gasteiger partial charge in [0.2, 0.25) is 11.1 Å². The number of nitrogens with zero attached hydrogens (tertiary/aromatic N) is 4. The average Bonchev–Trinajstić information content (AvgIpc) is 3.13. The molecule has 5 rings (SSSR count). The average molecular weight is 418 g/mol. The number of allylic oxidation sites excluding steroid dienone is 2. The Hall–Kier alpha value is -2.93. The lowest BCUT2D eigenvalue weighted by molar-refractivity contribution is -0.118. The normalized spacial score (nSPS) is 19.8. The lowest BCUT2D eigenvalue weighted by Crippen LogP contribution is -2.36. The van der Waals surface area contributed by atoms with Gasteiger partial charge < -0.3 is 5.32 Å². The van der Waals surface area contributed by atoms with Gasteiger partial charge in [-0.1, -0.05) is 55.9 Å². The number of pyridine rings is 1. The number of benzene rings is 1. The highest BCUT2D eigenvalue weighted by Gasteiger charge is 2.41. The summed E-state index contributed by atoms with van der Waals surface area (Å²) in [4.78, 5) is 22.1. The van der Waals surface area contributed by atoms with Gasteiger partial charge in [-0.2, -0.15) is 4.98 Å². The molecular formula is C23H23N5OS. The fraction of sp³-hybridized carbons (Fsp3) is 0.304. The fourth-order valence-electron chi connectivity index (χ4n) is 4.23. The zero-order valence-corrected chi connectivity index (χ0v) is 17.8. The monoisotopic (exact) mass is 417 g/mol. The zero-order chi connectivity index (χ0) is 20.7. The Morgan fingerprint density at radius 2 is 1.90 bits per heavy atom. The van der Waals surface area contributed by atoms with E-state index >= 15 is 0 Å². The molecule has 1 aliphatic carbocycles. The number of rotatable bonds is 4. The van der Waals surface area contributed by atoms with Crippen molar-refractivity contribution >= 4 is 23.5 Å². The van der Waals surface area contributed by atoms with Crippen molar-refractivity contribution < 1.29 is 4.79 Å². The number of Topliss-reactive ketones (excluding diaryl/α,β-unsaturated/α-hetero) is 1. The predicted molar refractivity (Wildman–Crippen MR) is 117 cm³/mol. The Labute approximate surface area is 179 Å². The van der Waals surface area contributed by atoms with E-state index in [0.717, 1.165) is 29.0 Å². The van der Waals surface area contributed by atoms with Crippen LogP contribution in [0.4, 0.5) is 5.95 Å². The van der Waals surface area contributed by atoms with Crippen LogP contribution in [-0.4, -0.2) is 25.5 Å². The third-order valence-corrected chi connectivity index (χ3v) is 6.45. The van der Waals surface area contributed by atoms with Crippen molar-refractivity contribution in [3.05, 3.63) is 77.3 Å². The standard InChI is InChI=1S/C23H23N5OS/c1-23(2)12-17-19(18(29)13-23)20(16-8-10-24-11-9-16)28-21(25-17)26-22(27-28)30-14-15-6-4-3-5-7-15/h3-11,20H,12-14H2,1-2H3,(H,25,26,27)/t20-/m1/s1. The van der Waals surface area contributed by atoms with Crippen molar-refractivity contribution in [2.45, 2.75) is 43.6 Å². The molecule has 0 fully saturated rings. The minimum absolute atomic E-state index is 0.0706. The van der Waals surface area contributed by atoms with Crippen LogP contribution in [-0.2, 0) is 10.5 Å². The number of carbonyl (C=O) groups is 1. The molecule has 1 N–H and O–H groups in total. The molecule has 1 atom stereocenters. The van der Waals surface area contributed by atoms with Gasteiger partial charge in [0.15, 0.2) is 5.78 Å². The largest absolute Gasteiger partial charge is 0.328 e. The lowest BCUT2D eigenvalue weighted by atomic mass is 9.73. The molecule has 30 heavy (non-hydrogen) atoms. The number of ketones is 1. The molecule has 1 aliphatic heterocycles. The van der Waals surface area contributed by atoms with Gasteiger partial charge >= 0.3 is 0 Å². The predicted octanol–water partition coefficient (Wildman–Crippen LogP) is 4.62. The molecule has 152 valence electrons. The van der Waals surface area contributed by atoms with E-state index in [1.54, 1.807) is 24.2 Å². The van der Waals surface area contributed by atoms with Crippen LogP contribution < -0.4 is 5.32 Å². The van der Waals surface area contributed by atoms with Gasteiger partial charge in [-0.15, -0.1) is 5.10 Å². The second-order valence-corrected chi connectivity index (χ2v) is 9.52. The summed E-state index contributed by atoms with van der Waals surface area (Å²) in [6.45, 7) is 4.27. The maximum absolute atomic E-state index is 13.2.